The zero-order chi connectivity index (χ0) is 16.2. The van der Waals surface area contributed by atoms with Gasteiger partial charge in [-0.1, -0.05) is 36.9 Å². The zero-order valence-electron chi connectivity index (χ0n) is 13.4. The molecule has 0 saturated carbocycles. The van der Waals surface area contributed by atoms with Gasteiger partial charge in [-0.25, -0.2) is 9.67 Å². The molecular formula is C16H22N4OS. The molecule has 0 saturated heterocycles. The van der Waals surface area contributed by atoms with Crippen LogP contribution in [0.2, 0.25) is 0 Å². The Bertz CT molecular complexity index is 624. The lowest BCUT2D eigenvalue weighted by atomic mass is 10.0. The lowest BCUT2D eigenvalue weighted by Gasteiger charge is -2.26. The highest BCUT2D eigenvalue weighted by Crippen LogP contribution is 2.21. The topological polar surface area (TPSA) is 59.8 Å². The Morgan fingerprint density at radius 3 is 2.68 bits per heavy atom. The fourth-order valence-electron chi connectivity index (χ4n) is 1.74. The largest absolute Gasteiger partial charge is 0.350 e. The van der Waals surface area contributed by atoms with E-state index in [-0.39, 0.29) is 16.7 Å². The third-order valence-corrected chi connectivity index (χ3v) is 4.45. The first-order valence-corrected chi connectivity index (χ1v) is 8.25. The van der Waals surface area contributed by atoms with Gasteiger partial charge in [0, 0.05) is 5.54 Å². The molecule has 2 rings (SSSR count). The predicted octanol–water partition coefficient (Wildman–Crippen LogP) is 3.05. The third kappa shape index (κ3) is 4.34. The van der Waals surface area contributed by atoms with Crippen LogP contribution in [0.15, 0.2) is 41.8 Å². The average molecular weight is 318 g/mol. The summed E-state index contributed by atoms with van der Waals surface area (Å²) >= 11 is 1.36. The minimum atomic E-state index is -0.238. The maximum absolute atomic E-state index is 12.2. The van der Waals surface area contributed by atoms with Crippen LogP contribution < -0.4 is 5.32 Å². The second-order valence-corrected chi connectivity index (χ2v) is 7.10. The van der Waals surface area contributed by atoms with Gasteiger partial charge < -0.3 is 5.32 Å². The molecule has 118 valence electrons. The predicted molar refractivity (Wildman–Crippen MR) is 89.2 cm³/mol. The molecule has 22 heavy (non-hydrogen) atoms. The minimum Gasteiger partial charge on any atom is -0.350 e. The second kappa shape index (κ2) is 6.96. The molecular weight excluding hydrogens is 296 g/mol. The van der Waals surface area contributed by atoms with Crippen molar-refractivity contribution in [2.24, 2.45) is 0 Å². The Kier molecular flexibility index (Phi) is 5.24. The van der Waals surface area contributed by atoms with Crippen LogP contribution in [0.1, 0.15) is 34.1 Å². The smallest absolute Gasteiger partial charge is 0.233 e. The number of carbonyl (C=O) groups excluding carboxylic acids is 1. The second-order valence-electron chi connectivity index (χ2n) is 5.79. The summed E-state index contributed by atoms with van der Waals surface area (Å²) in [6.07, 6.45) is 2.55. The van der Waals surface area contributed by atoms with Gasteiger partial charge in [0.05, 0.1) is 10.9 Å². The molecule has 0 radical (unpaired) electrons. The summed E-state index contributed by atoms with van der Waals surface area (Å²) < 4.78 is 1.71. The van der Waals surface area contributed by atoms with E-state index < -0.39 is 0 Å². The first kappa shape index (κ1) is 16.5. The molecule has 0 aliphatic carbocycles. The number of rotatable bonds is 6. The molecule has 0 bridgehead atoms. The van der Waals surface area contributed by atoms with Crippen molar-refractivity contribution in [1.29, 1.82) is 0 Å². The molecule has 1 aromatic carbocycles. The van der Waals surface area contributed by atoms with Crippen LogP contribution in [-0.4, -0.2) is 31.5 Å². The monoisotopic (exact) mass is 318 g/mol. The van der Waals surface area contributed by atoms with Gasteiger partial charge in [-0.05, 0) is 39.3 Å². The number of benzene rings is 1. The van der Waals surface area contributed by atoms with E-state index in [4.69, 9.17) is 0 Å². The quantitative estimate of drug-likeness (QED) is 0.832. The van der Waals surface area contributed by atoms with E-state index in [1.165, 1.54) is 11.8 Å². The fourth-order valence-corrected chi connectivity index (χ4v) is 2.47. The van der Waals surface area contributed by atoms with Crippen molar-refractivity contribution < 1.29 is 4.79 Å². The Morgan fingerprint density at radius 2 is 2.05 bits per heavy atom. The number of thioether (sulfide) groups is 1. The van der Waals surface area contributed by atoms with Crippen LogP contribution in [0.5, 0.6) is 0 Å². The van der Waals surface area contributed by atoms with E-state index in [1.807, 2.05) is 51.1 Å². The molecule has 1 atom stereocenters. The highest BCUT2D eigenvalue weighted by molar-refractivity contribution is 8.00. The molecule has 6 heteroatoms. The SMILES string of the molecule is CCC(C)(C)NC(=O)C(C)Sc1ncn(-c2ccccc2)n1. The van der Waals surface area contributed by atoms with Gasteiger partial charge >= 0.3 is 0 Å². The van der Waals surface area contributed by atoms with Crippen LogP contribution in [0.4, 0.5) is 0 Å². The van der Waals surface area contributed by atoms with E-state index in [9.17, 15) is 4.79 Å². The van der Waals surface area contributed by atoms with Crippen molar-refractivity contribution in [2.75, 3.05) is 0 Å². The normalized spacial score (nSPS) is 12.9. The van der Waals surface area contributed by atoms with Crippen molar-refractivity contribution in [2.45, 2.75) is 50.1 Å². The summed E-state index contributed by atoms with van der Waals surface area (Å²) in [7, 11) is 0. The Morgan fingerprint density at radius 1 is 1.36 bits per heavy atom. The molecule has 1 aromatic heterocycles. The standard InChI is InChI=1S/C16H22N4OS/c1-5-16(3,4)18-14(21)12(2)22-15-17-11-20(19-15)13-9-7-6-8-10-13/h6-12H,5H2,1-4H3,(H,18,21). The van der Waals surface area contributed by atoms with Crippen LogP contribution in [-0.2, 0) is 4.79 Å². The number of amides is 1. The molecule has 1 amide bonds. The minimum absolute atomic E-state index is 0.00733. The Balaban J connectivity index is 1.99. The Labute approximate surface area is 135 Å². The fraction of sp³-hybridized carbons (Fsp3) is 0.438. The van der Waals surface area contributed by atoms with Gasteiger partial charge in [-0.3, -0.25) is 4.79 Å². The first-order chi connectivity index (χ1) is 10.4. The van der Waals surface area contributed by atoms with E-state index in [1.54, 1.807) is 11.0 Å². The molecule has 5 nitrogen and oxygen atoms in total. The number of hydrogen-bond donors (Lipinski definition) is 1. The lowest BCUT2D eigenvalue weighted by molar-refractivity contribution is -0.121. The lowest BCUT2D eigenvalue weighted by Crippen LogP contribution is -2.46. The third-order valence-electron chi connectivity index (χ3n) is 3.49. The number of nitrogens with one attached hydrogen (secondary N) is 1. The van der Waals surface area contributed by atoms with E-state index >= 15 is 0 Å². The first-order valence-electron chi connectivity index (χ1n) is 7.37. The summed E-state index contributed by atoms with van der Waals surface area (Å²) in [6, 6.07) is 9.78. The van der Waals surface area contributed by atoms with Crippen molar-refractivity contribution >= 4 is 17.7 Å². The van der Waals surface area contributed by atoms with Crippen molar-refractivity contribution in [3.63, 3.8) is 0 Å². The van der Waals surface area contributed by atoms with Crippen LogP contribution in [0, 0.1) is 0 Å². The number of hydrogen-bond acceptors (Lipinski definition) is 4. The van der Waals surface area contributed by atoms with E-state index in [0.717, 1.165) is 12.1 Å². The van der Waals surface area contributed by atoms with Gasteiger partial charge in [-0.2, -0.15) is 0 Å². The number of aromatic nitrogens is 3. The number of carbonyl (C=O) groups is 1. The summed E-state index contributed by atoms with van der Waals surface area (Å²) in [5.41, 5.74) is 0.758. The molecule has 1 heterocycles. The molecule has 0 aliphatic heterocycles. The van der Waals surface area contributed by atoms with E-state index in [0.29, 0.717) is 5.16 Å². The van der Waals surface area contributed by atoms with E-state index in [2.05, 4.69) is 22.3 Å². The summed E-state index contributed by atoms with van der Waals surface area (Å²) in [5.74, 6) is 0.00733. The molecule has 0 fully saturated rings. The van der Waals surface area contributed by atoms with Gasteiger partial charge in [0.25, 0.3) is 0 Å². The highest BCUT2D eigenvalue weighted by Gasteiger charge is 2.23. The van der Waals surface area contributed by atoms with Gasteiger partial charge in [-0.15, -0.1) is 5.10 Å². The van der Waals surface area contributed by atoms with Crippen molar-refractivity contribution in [3.8, 4) is 5.69 Å². The van der Waals surface area contributed by atoms with Crippen LogP contribution >= 0.6 is 11.8 Å². The van der Waals surface area contributed by atoms with Gasteiger partial charge in [0.2, 0.25) is 11.1 Å². The molecule has 0 aliphatic rings. The summed E-state index contributed by atoms with van der Waals surface area (Å²) in [4.78, 5) is 16.5. The molecule has 0 spiro atoms. The molecule has 1 N–H and O–H groups in total. The molecule has 2 aromatic rings. The Hall–Kier alpha value is -1.82. The van der Waals surface area contributed by atoms with Crippen molar-refractivity contribution in [3.05, 3.63) is 36.7 Å². The number of nitrogens with zero attached hydrogens (tertiary/aromatic N) is 3. The summed E-state index contributed by atoms with van der Waals surface area (Å²) in [6.45, 7) is 7.96. The van der Waals surface area contributed by atoms with Gasteiger partial charge in [0.1, 0.15) is 6.33 Å². The highest BCUT2D eigenvalue weighted by atomic mass is 32.2. The van der Waals surface area contributed by atoms with Gasteiger partial charge in [0.15, 0.2) is 0 Å². The van der Waals surface area contributed by atoms with Crippen LogP contribution in [0.3, 0.4) is 0 Å². The van der Waals surface area contributed by atoms with Crippen molar-refractivity contribution in [1.82, 2.24) is 20.1 Å². The maximum Gasteiger partial charge on any atom is 0.233 e. The van der Waals surface area contributed by atoms with Crippen LogP contribution in [0.25, 0.3) is 5.69 Å². The molecule has 1 unspecified atom stereocenters. The summed E-state index contributed by atoms with van der Waals surface area (Å²) in [5, 5.41) is 7.81. The average Bonchev–Trinajstić information content (AvgIpc) is 2.96. The maximum atomic E-state index is 12.2. The zero-order valence-corrected chi connectivity index (χ0v) is 14.2. The number of para-hydroxylation sites is 1.